The lowest BCUT2D eigenvalue weighted by Crippen LogP contribution is -2.37. The van der Waals surface area contributed by atoms with Gasteiger partial charge in [-0.2, -0.15) is 0 Å². The average Bonchev–Trinajstić information content (AvgIpc) is 3.15. The first-order valence-corrected chi connectivity index (χ1v) is 9.69. The van der Waals surface area contributed by atoms with Gasteiger partial charge in [0.05, 0.1) is 11.2 Å². The van der Waals surface area contributed by atoms with Crippen molar-refractivity contribution in [3.63, 3.8) is 0 Å². The normalized spacial score (nSPS) is 19.2. The summed E-state index contributed by atoms with van der Waals surface area (Å²) in [6.45, 7) is 4.09. The standard InChI is InChI=1S/C21H25N3O2/c1-2-20-19(8-11-24(20)12-16-4-5-16)21(3-1)26-18-6-9-23(10-7-18)13-17-14-25-15-22-17/h1-3,8,11,14-16,18H,4-7,9-10,12-13H2. The third kappa shape index (κ3) is 3.36. The van der Waals surface area contributed by atoms with Crippen LogP contribution >= 0.6 is 0 Å². The molecule has 1 aromatic carbocycles. The molecule has 0 radical (unpaired) electrons. The molecule has 0 N–H and O–H groups in total. The lowest BCUT2D eigenvalue weighted by atomic mass is 10.1. The maximum atomic E-state index is 6.41. The highest BCUT2D eigenvalue weighted by molar-refractivity contribution is 5.86. The summed E-state index contributed by atoms with van der Waals surface area (Å²) < 4.78 is 13.9. The minimum Gasteiger partial charge on any atom is -0.490 e. The monoisotopic (exact) mass is 351 g/mol. The first-order chi connectivity index (χ1) is 12.8. The van der Waals surface area contributed by atoms with E-state index in [4.69, 9.17) is 9.15 Å². The molecular weight excluding hydrogens is 326 g/mol. The Morgan fingerprint density at radius 2 is 2.00 bits per heavy atom. The van der Waals surface area contributed by atoms with Crippen molar-refractivity contribution in [2.24, 2.45) is 5.92 Å². The zero-order valence-corrected chi connectivity index (χ0v) is 15.0. The van der Waals surface area contributed by atoms with Gasteiger partial charge in [0, 0.05) is 37.8 Å². The number of fused-ring (bicyclic) bond motifs is 1. The van der Waals surface area contributed by atoms with Crippen LogP contribution in [0, 0.1) is 5.92 Å². The van der Waals surface area contributed by atoms with Crippen molar-refractivity contribution in [2.75, 3.05) is 13.1 Å². The molecule has 2 fully saturated rings. The average molecular weight is 351 g/mol. The highest BCUT2D eigenvalue weighted by atomic mass is 16.5. The van der Waals surface area contributed by atoms with Crippen molar-refractivity contribution >= 4 is 10.9 Å². The van der Waals surface area contributed by atoms with Gasteiger partial charge >= 0.3 is 0 Å². The summed E-state index contributed by atoms with van der Waals surface area (Å²) in [5.41, 5.74) is 2.31. The fraction of sp³-hybridized carbons (Fsp3) is 0.476. The topological polar surface area (TPSA) is 43.4 Å². The van der Waals surface area contributed by atoms with Crippen LogP contribution in [0.1, 0.15) is 31.4 Å². The van der Waals surface area contributed by atoms with Crippen molar-refractivity contribution in [2.45, 2.75) is 44.9 Å². The van der Waals surface area contributed by atoms with Crippen molar-refractivity contribution in [1.82, 2.24) is 14.5 Å². The molecule has 1 saturated heterocycles. The molecule has 1 aliphatic carbocycles. The Bertz CT molecular complexity index is 859. The lowest BCUT2D eigenvalue weighted by Gasteiger charge is -2.31. The van der Waals surface area contributed by atoms with E-state index in [0.717, 1.165) is 56.4 Å². The van der Waals surface area contributed by atoms with Crippen molar-refractivity contribution in [3.8, 4) is 5.75 Å². The number of aromatic nitrogens is 2. The van der Waals surface area contributed by atoms with Gasteiger partial charge in [0.15, 0.2) is 6.39 Å². The first kappa shape index (κ1) is 15.9. The second-order valence-electron chi connectivity index (χ2n) is 7.67. The fourth-order valence-corrected chi connectivity index (χ4v) is 3.95. The van der Waals surface area contributed by atoms with E-state index < -0.39 is 0 Å². The summed E-state index contributed by atoms with van der Waals surface area (Å²) in [7, 11) is 0. The maximum absolute atomic E-state index is 6.41. The quantitative estimate of drug-likeness (QED) is 0.671. The lowest BCUT2D eigenvalue weighted by molar-refractivity contribution is 0.0973. The number of nitrogens with zero attached hydrogens (tertiary/aromatic N) is 3. The highest BCUT2D eigenvalue weighted by Crippen LogP contribution is 2.34. The SMILES string of the molecule is c1cc(OC2CCN(Cc3cocn3)CC2)c2ccn(CC3CC3)c2c1. The molecule has 136 valence electrons. The van der Waals surface area contributed by atoms with Crippen LogP contribution in [-0.4, -0.2) is 33.6 Å². The molecule has 3 aromatic rings. The van der Waals surface area contributed by atoms with Gasteiger partial charge in [0.1, 0.15) is 18.1 Å². The number of hydrogen-bond acceptors (Lipinski definition) is 4. The van der Waals surface area contributed by atoms with Gasteiger partial charge in [-0.3, -0.25) is 4.90 Å². The van der Waals surface area contributed by atoms with E-state index in [0.29, 0.717) is 6.10 Å². The van der Waals surface area contributed by atoms with Crippen LogP contribution in [0.2, 0.25) is 0 Å². The predicted octanol–water partition coefficient (Wildman–Crippen LogP) is 4.08. The van der Waals surface area contributed by atoms with E-state index in [1.165, 1.54) is 30.1 Å². The number of hydrogen-bond donors (Lipinski definition) is 0. The van der Waals surface area contributed by atoms with Crippen LogP contribution in [-0.2, 0) is 13.1 Å². The number of piperidine rings is 1. The molecule has 0 spiro atoms. The van der Waals surface area contributed by atoms with Crippen molar-refractivity contribution in [1.29, 1.82) is 0 Å². The van der Waals surface area contributed by atoms with Gasteiger partial charge in [0.25, 0.3) is 0 Å². The van der Waals surface area contributed by atoms with Crippen molar-refractivity contribution in [3.05, 3.63) is 48.8 Å². The minimum absolute atomic E-state index is 0.293. The molecule has 1 aliphatic heterocycles. The molecule has 0 amide bonds. The molecule has 0 atom stereocenters. The molecular formula is C21H25N3O2. The largest absolute Gasteiger partial charge is 0.490 e. The zero-order valence-electron chi connectivity index (χ0n) is 15.0. The van der Waals surface area contributed by atoms with E-state index in [9.17, 15) is 0 Å². The number of rotatable bonds is 6. The predicted molar refractivity (Wildman–Crippen MR) is 100 cm³/mol. The molecule has 5 rings (SSSR count). The number of ether oxygens (including phenoxy) is 1. The van der Waals surface area contributed by atoms with Crippen LogP contribution in [0.3, 0.4) is 0 Å². The van der Waals surface area contributed by atoms with Crippen LogP contribution < -0.4 is 4.74 Å². The number of benzene rings is 1. The van der Waals surface area contributed by atoms with E-state index in [2.05, 4.69) is 44.9 Å². The van der Waals surface area contributed by atoms with Crippen LogP contribution in [0.25, 0.3) is 10.9 Å². The van der Waals surface area contributed by atoms with Crippen LogP contribution in [0.15, 0.2) is 47.5 Å². The smallest absolute Gasteiger partial charge is 0.180 e. The molecule has 5 heteroatoms. The summed E-state index contributed by atoms with van der Waals surface area (Å²) in [6.07, 6.45) is 10.6. The van der Waals surface area contributed by atoms with Gasteiger partial charge in [-0.15, -0.1) is 0 Å². The summed E-state index contributed by atoms with van der Waals surface area (Å²) in [4.78, 5) is 6.64. The first-order valence-electron chi connectivity index (χ1n) is 9.69. The number of likely N-dealkylation sites (tertiary alicyclic amines) is 1. The van der Waals surface area contributed by atoms with E-state index >= 15 is 0 Å². The van der Waals surface area contributed by atoms with E-state index in [1.807, 2.05) is 0 Å². The van der Waals surface area contributed by atoms with Crippen LogP contribution in [0.4, 0.5) is 0 Å². The van der Waals surface area contributed by atoms with Gasteiger partial charge in [-0.25, -0.2) is 4.98 Å². The molecule has 26 heavy (non-hydrogen) atoms. The van der Waals surface area contributed by atoms with Gasteiger partial charge in [0.2, 0.25) is 0 Å². The van der Waals surface area contributed by atoms with Crippen LogP contribution in [0.5, 0.6) is 5.75 Å². The molecule has 3 heterocycles. The van der Waals surface area contributed by atoms with Crippen molar-refractivity contribution < 1.29 is 9.15 Å². The Morgan fingerprint density at radius 3 is 2.77 bits per heavy atom. The second kappa shape index (κ2) is 6.80. The summed E-state index contributed by atoms with van der Waals surface area (Å²) in [5.74, 6) is 1.91. The Labute approximate surface area is 153 Å². The Balaban J connectivity index is 1.23. The number of oxazole rings is 1. The van der Waals surface area contributed by atoms with E-state index in [-0.39, 0.29) is 0 Å². The minimum atomic E-state index is 0.293. The molecule has 5 nitrogen and oxygen atoms in total. The third-order valence-corrected chi connectivity index (χ3v) is 5.62. The Hall–Kier alpha value is -2.27. The molecule has 0 bridgehead atoms. The highest BCUT2D eigenvalue weighted by Gasteiger charge is 2.24. The van der Waals surface area contributed by atoms with Gasteiger partial charge < -0.3 is 13.7 Å². The summed E-state index contributed by atoms with van der Waals surface area (Å²) in [5, 5.41) is 1.25. The molecule has 1 saturated carbocycles. The Kier molecular flexibility index (Phi) is 4.17. The van der Waals surface area contributed by atoms with Gasteiger partial charge in [-0.1, -0.05) is 6.07 Å². The zero-order chi connectivity index (χ0) is 17.3. The third-order valence-electron chi connectivity index (χ3n) is 5.62. The second-order valence-corrected chi connectivity index (χ2v) is 7.67. The molecule has 2 aliphatic rings. The molecule has 2 aromatic heterocycles. The van der Waals surface area contributed by atoms with Gasteiger partial charge in [-0.05, 0) is 49.8 Å². The summed E-state index contributed by atoms with van der Waals surface area (Å²) in [6, 6.07) is 8.67. The Morgan fingerprint density at radius 1 is 1.12 bits per heavy atom. The van der Waals surface area contributed by atoms with E-state index in [1.54, 1.807) is 6.26 Å². The molecule has 0 unspecified atom stereocenters. The maximum Gasteiger partial charge on any atom is 0.180 e. The summed E-state index contributed by atoms with van der Waals surface area (Å²) >= 11 is 0. The fourth-order valence-electron chi connectivity index (χ4n) is 3.95.